The number of carbonyl (C=O) groups excluding carboxylic acids is 2. The fraction of sp³-hybridized carbons (Fsp3) is 0.125. The van der Waals surface area contributed by atoms with Crippen molar-refractivity contribution in [1.82, 2.24) is 15.0 Å². The molecule has 0 unspecified atom stereocenters. The normalized spacial score (nSPS) is 10.5. The van der Waals surface area contributed by atoms with Gasteiger partial charge in [-0.05, 0) is 29.8 Å². The number of nitrogens with one attached hydrogen (secondary N) is 3. The molecule has 0 bridgehead atoms. The lowest BCUT2D eigenvalue weighted by molar-refractivity contribution is -0.146. The van der Waals surface area contributed by atoms with E-state index in [4.69, 9.17) is 4.74 Å². The maximum Gasteiger partial charge on any atom is 0.323 e. The molecule has 1 aromatic carbocycles. The third-order valence-corrected chi connectivity index (χ3v) is 3.24. The lowest BCUT2D eigenvalue weighted by atomic mass is 10.1. The largest absolute Gasteiger partial charge is 0.455 e. The summed E-state index contributed by atoms with van der Waals surface area (Å²) in [5.74, 6) is -0.977. The number of amides is 1. The highest BCUT2D eigenvalue weighted by molar-refractivity contribution is 5.92. The molecule has 0 saturated heterocycles. The number of rotatable bonds is 5. The third kappa shape index (κ3) is 3.86. The predicted molar refractivity (Wildman–Crippen MR) is 86.4 cm³/mol. The van der Waals surface area contributed by atoms with Crippen LogP contribution in [0.2, 0.25) is 0 Å². The standard InChI is InChI=1S/C16H14N4O4/c21-14(18-11-2-1-5-17-8-11)9-24-15(22)7-10-3-4-12-13(6-10)20-16(23)19-12/h1-6,8H,7,9H2,(H,18,21)(H2,19,20,23). The second-order valence-corrected chi connectivity index (χ2v) is 5.09. The molecule has 0 fully saturated rings. The van der Waals surface area contributed by atoms with Gasteiger partial charge in [-0.25, -0.2) is 4.79 Å². The summed E-state index contributed by atoms with van der Waals surface area (Å²) in [5.41, 5.74) is 2.17. The van der Waals surface area contributed by atoms with Crippen LogP contribution in [0.1, 0.15) is 5.56 Å². The summed E-state index contributed by atoms with van der Waals surface area (Å²) < 4.78 is 4.95. The molecule has 122 valence electrons. The number of hydrogen-bond acceptors (Lipinski definition) is 5. The van der Waals surface area contributed by atoms with Crippen molar-refractivity contribution in [3.8, 4) is 0 Å². The van der Waals surface area contributed by atoms with Gasteiger partial charge in [-0.2, -0.15) is 0 Å². The van der Waals surface area contributed by atoms with E-state index in [1.807, 2.05) is 0 Å². The van der Waals surface area contributed by atoms with Gasteiger partial charge in [-0.1, -0.05) is 6.07 Å². The monoisotopic (exact) mass is 326 g/mol. The first-order chi connectivity index (χ1) is 11.6. The van der Waals surface area contributed by atoms with Gasteiger partial charge in [0.25, 0.3) is 5.91 Å². The number of hydrogen-bond donors (Lipinski definition) is 3. The fourth-order valence-electron chi connectivity index (χ4n) is 2.19. The number of esters is 1. The Balaban J connectivity index is 1.53. The number of imidazole rings is 1. The summed E-state index contributed by atoms with van der Waals surface area (Å²) in [5, 5.41) is 2.57. The number of aromatic amines is 2. The van der Waals surface area contributed by atoms with Gasteiger partial charge in [0, 0.05) is 6.20 Å². The van der Waals surface area contributed by atoms with Crippen LogP contribution in [0.25, 0.3) is 11.0 Å². The van der Waals surface area contributed by atoms with Gasteiger partial charge in [0.05, 0.1) is 29.3 Å². The third-order valence-electron chi connectivity index (χ3n) is 3.24. The van der Waals surface area contributed by atoms with Gasteiger partial charge in [-0.3, -0.25) is 14.6 Å². The average molecular weight is 326 g/mol. The van der Waals surface area contributed by atoms with Crippen LogP contribution in [0.4, 0.5) is 5.69 Å². The number of benzene rings is 1. The van der Waals surface area contributed by atoms with Gasteiger partial charge >= 0.3 is 11.7 Å². The molecule has 2 heterocycles. The Bertz CT molecular complexity index is 930. The molecule has 24 heavy (non-hydrogen) atoms. The predicted octanol–water partition coefficient (Wildman–Crippen LogP) is 0.976. The summed E-state index contributed by atoms with van der Waals surface area (Å²) in [6.07, 6.45) is 3.08. The second kappa shape index (κ2) is 6.78. The van der Waals surface area contributed by atoms with Crippen molar-refractivity contribution >= 4 is 28.6 Å². The maximum absolute atomic E-state index is 11.8. The van der Waals surface area contributed by atoms with E-state index in [-0.39, 0.29) is 18.7 Å². The van der Waals surface area contributed by atoms with Crippen molar-refractivity contribution in [3.05, 3.63) is 58.8 Å². The van der Waals surface area contributed by atoms with Crippen molar-refractivity contribution in [2.75, 3.05) is 11.9 Å². The molecular weight excluding hydrogens is 312 g/mol. The number of anilines is 1. The zero-order valence-corrected chi connectivity index (χ0v) is 12.5. The highest BCUT2D eigenvalue weighted by Gasteiger charge is 2.10. The lowest BCUT2D eigenvalue weighted by Gasteiger charge is -2.06. The van der Waals surface area contributed by atoms with Crippen molar-refractivity contribution in [2.24, 2.45) is 0 Å². The van der Waals surface area contributed by atoms with E-state index in [1.165, 1.54) is 6.20 Å². The Morgan fingerprint density at radius 3 is 2.79 bits per heavy atom. The molecular formula is C16H14N4O4. The molecule has 2 aromatic heterocycles. The summed E-state index contributed by atoms with van der Waals surface area (Å²) in [6, 6.07) is 8.46. The number of H-pyrrole nitrogens is 2. The molecule has 8 heteroatoms. The van der Waals surface area contributed by atoms with Gasteiger partial charge < -0.3 is 20.0 Å². The molecule has 3 rings (SSSR count). The van der Waals surface area contributed by atoms with Crippen LogP contribution in [-0.4, -0.2) is 33.4 Å². The van der Waals surface area contributed by atoms with Crippen LogP contribution < -0.4 is 11.0 Å². The topological polar surface area (TPSA) is 117 Å². The lowest BCUT2D eigenvalue weighted by Crippen LogP contribution is -2.21. The minimum Gasteiger partial charge on any atom is -0.455 e. The Kier molecular flexibility index (Phi) is 4.37. The van der Waals surface area contributed by atoms with Crippen LogP contribution in [0, 0.1) is 0 Å². The van der Waals surface area contributed by atoms with Crippen LogP contribution in [0.5, 0.6) is 0 Å². The van der Waals surface area contributed by atoms with Crippen molar-refractivity contribution in [2.45, 2.75) is 6.42 Å². The molecule has 1 amide bonds. The Hall–Kier alpha value is -3.42. The number of fused-ring (bicyclic) bond motifs is 1. The first-order valence-electron chi connectivity index (χ1n) is 7.16. The summed E-state index contributed by atoms with van der Waals surface area (Å²) in [4.78, 5) is 43.8. The minimum absolute atomic E-state index is 0.00330. The molecule has 8 nitrogen and oxygen atoms in total. The van der Waals surface area contributed by atoms with E-state index in [0.29, 0.717) is 22.3 Å². The van der Waals surface area contributed by atoms with E-state index in [1.54, 1.807) is 36.5 Å². The van der Waals surface area contributed by atoms with E-state index in [9.17, 15) is 14.4 Å². The summed E-state index contributed by atoms with van der Waals surface area (Å²) in [7, 11) is 0. The molecule has 0 radical (unpaired) electrons. The zero-order valence-electron chi connectivity index (χ0n) is 12.5. The molecule has 0 atom stereocenters. The number of carbonyl (C=O) groups is 2. The first kappa shape index (κ1) is 15.5. The maximum atomic E-state index is 11.8. The molecule has 3 aromatic rings. The fourth-order valence-corrected chi connectivity index (χ4v) is 2.19. The number of ether oxygens (including phenoxy) is 1. The van der Waals surface area contributed by atoms with Crippen molar-refractivity contribution < 1.29 is 14.3 Å². The van der Waals surface area contributed by atoms with Crippen LogP contribution in [0.3, 0.4) is 0 Å². The van der Waals surface area contributed by atoms with Crippen LogP contribution in [0.15, 0.2) is 47.5 Å². The van der Waals surface area contributed by atoms with E-state index in [2.05, 4.69) is 20.3 Å². The molecule has 3 N–H and O–H groups in total. The summed E-state index contributed by atoms with van der Waals surface area (Å²) >= 11 is 0. The van der Waals surface area contributed by atoms with E-state index >= 15 is 0 Å². The van der Waals surface area contributed by atoms with Crippen LogP contribution in [-0.2, 0) is 20.7 Å². The second-order valence-electron chi connectivity index (χ2n) is 5.09. The van der Waals surface area contributed by atoms with Gasteiger partial charge in [-0.15, -0.1) is 0 Å². The Morgan fingerprint density at radius 1 is 1.17 bits per heavy atom. The molecule has 0 spiro atoms. The zero-order chi connectivity index (χ0) is 16.9. The van der Waals surface area contributed by atoms with E-state index in [0.717, 1.165) is 0 Å². The highest BCUT2D eigenvalue weighted by Crippen LogP contribution is 2.11. The van der Waals surface area contributed by atoms with E-state index < -0.39 is 11.9 Å². The number of pyridine rings is 1. The van der Waals surface area contributed by atoms with Gasteiger partial charge in [0.2, 0.25) is 0 Å². The number of aromatic nitrogens is 3. The highest BCUT2D eigenvalue weighted by atomic mass is 16.5. The molecule has 0 saturated carbocycles. The Labute approximate surface area is 135 Å². The van der Waals surface area contributed by atoms with Crippen molar-refractivity contribution in [3.63, 3.8) is 0 Å². The first-order valence-corrected chi connectivity index (χ1v) is 7.16. The molecule has 0 aliphatic rings. The average Bonchev–Trinajstić information content (AvgIpc) is 2.93. The quantitative estimate of drug-likeness (QED) is 0.604. The molecule has 0 aliphatic heterocycles. The SMILES string of the molecule is O=C(COC(=O)Cc1ccc2[nH]c(=O)[nH]c2c1)Nc1cccnc1. The van der Waals surface area contributed by atoms with Crippen LogP contribution >= 0.6 is 0 Å². The summed E-state index contributed by atoms with van der Waals surface area (Å²) in [6.45, 7) is -0.378. The number of nitrogens with zero attached hydrogens (tertiary/aromatic N) is 1. The smallest absolute Gasteiger partial charge is 0.323 e. The van der Waals surface area contributed by atoms with Crippen molar-refractivity contribution in [1.29, 1.82) is 0 Å². The minimum atomic E-state index is -0.534. The van der Waals surface area contributed by atoms with Gasteiger partial charge in [0.1, 0.15) is 0 Å². The molecule has 0 aliphatic carbocycles. The Morgan fingerprint density at radius 2 is 2.00 bits per heavy atom. The van der Waals surface area contributed by atoms with Gasteiger partial charge in [0.15, 0.2) is 6.61 Å².